The van der Waals surface area contributed by atoms with Crippen LogP contribution in [0.2, 0.25) is 5.02 Å². The molecular formula is C18H24ClN3O2. The highest BCUT2D eigenvalue weighted by molar-refractivity contribution is 6.30. The van der Waals surface area contributed by atoms with Gasteiger partial charge >= 0.3 is 0 Å². The number of rotatable bonds is 5. The molecule has 130 valence electrons. The van der Waals surface area contributed by atoms with Crippen LogP contribution in [0.25, 0.3) is 0 Å². The Kier molecular flexibility index (Phi) is 5.74. The molecule has 1 aliphatic heterocycles. The minimum Gasteiger partial charge on any atom is -0.351 e. The van der Waals surface area contributed by atoms with Gasteiger partial charge in [-0.3, -0.25) is 14.5 Å². The van der Waals surface area contributed by atoms with E-state index in [0.29, 0.717) is 23.0 Å². The van der Waals surface area contributed by atoms with E-state index in [2.05, 4.69) is 10.2 Å². The number of carbonyl (C=O) groups excluding carboxylic acids is 2. The van der Waals surface area contributed by atoms with Gasteiger partial charge in [-0.05, 0) is 31.0 Å². The molecule has 1 saturated heterocycles. The van der Waals surface area contributed by atoms with Crippen LogP contribution >= 0.6 is 11.6 Å². The van der Waals surface area contributed by atoms with Crippen LogP contribution in [0, 0.1) is 5.92 Å². The molecule has 2 fully saturated rings. The lowest BCUT2D eigenvalue weighted by atomic mass is 9.84. The molecule has 0 bridgehead atoms. The van der Waals surface area contributed by atoms with Crippen molar-refractivity contribution < 1.29 is 9.59 Å². The molecule has 0 radical (unpaired) electrons. The van der Waals surface area contributed by atoms with Crippen molar-refractivity contribution in [2.24, 2.45) is 5.92 Å². The number of piperazine rings is 1. The summed E-state index contributed by atoms with van der Waals surface area (Å²) in [7, 11) is 0. The zero-order chi connectivity index (χ0) is 16.9. The molecule has 1 aromatic carbocycles. The summed E-state index contributed by atoms with van der Waals surface area (Å²) in [6.07, 6.45) is 3.33. The molecule has 3 rings (SSSR count). The van der Waals surface area contributed by atoms with Crippen LogP contribution in [0.3, 0.4) is 0 Å². The number of benzene rings is 1. The van der Waals surface area contributed by atoms with Gasteiger partial charge < -0.3 is 10.2 Å². The fraction of sp³-hybridized carbons (Fsp3) is 0.556. The normalized spacial score (nSPS) is 19.0. The number of amides is 2. The lowest BCUT2D eigenvalue weighted by Crippen LogP contribution is -2.52. The average molecular weight is 350 g/mol. The summed E-state index contributed by atoms with van der Waals surface area (Å²) in [6, 6.07) is 6.95. The van der Waals surface area contributed by atoms with Gasteiger partial charge in [0.05, 0.1) is 0 Å². The number of hydrogen-bond donors (Lipinski definition) is 1. The molecule has 0 spiro atoms. The van der Waals surface area contributed by atoms with Crippen molar-refractivity contribution >= 4 is 23.4 Å². The second-order valence-electron chi connectivity index (χ2n) is 6.56. The van der Waals surface area contributed by atoms with Crippen LogP contribution in [0.4, 0.5) is 0 Å². The van der Waals surface area contributed by atoms with E-state index in [1.54, 1.807) is 24.3 Å². The molecule has 2 aliphatic rings. The monoisotopic (exact) mass is 349 g/mol. The highest BCUT2D eigenvalue weighted by Crippen LogP contribution is 2.28. The van der Waals surface area contributed by atoms with E-state index >= 15 is 0 Å². The molecule has 6 heteroatoms. The Balaban J connectivity index is 1.36. The standard InChI is InChI=1S/C18H24ClN3O2/c19-16-6-2-5-15(13-16)17(23)20-7-8-21-9-11-22(12-10-21)18(24)14-3-1-4-14/h2,5-6,13-14H,1,3-4,7-12H2,(H,20,23). The van der Waals surface area contributed by atoms with Gasteiger partial charge in [0.25, 0.3) is 5.91 Å². The van der Waals surface area contributed by atoms with Gasteiger partial charge in [-0.1, -0.05) is 24.1 Å². The number of halogens is 1. The van der Waals surface area contributed by atoms with Crippen molar-refractivity contribution in [3.63, 3.8) is 0 Å². The van der Waals surface area contributed by atoms with Crippen LogP contribution < -0.4 is 5.32 Å². The molecule has 1 heterocycles. The zero-order valence-corrected chi connectivity index (χ0v) is 14.6. The minimum atomic E-state index is -0.101. The maximum Gasteiger partial charge on any atom is 0.251 e. The van der Waals surface area contributed by atoms with Crippen molar-refractivity contribution in [3.8, 4) is 0 Å². The molecule has 0 atom stereocenters. The number of hydrogen-bond acceptors (Lipinski definition) is 3. The number of nitrogens with one attached hydrogen (secondary N) is 1. The van der Waals surface area contributed by atoms with Gasteiger partial charge in [0.1, 0.15) is 0 Å². The molecule has 1 N–H and O–H groups in total. The van der Waals surface area contributed by atoms with Gasteiger partial charge in [-0.15, -0.1) is 0 Å². The number of carbonyl (C=O) groups is 2. The minimum absolute atomic E-state index is 0.101. The topological polar surface area (TPSA) is 52.7 Å². The predicted octanol–water partition coefficient (Wildman–Crippen LogP) is 2.01. The van der Waals surface area contributed by atoms with E-state index in [-0.39, 0.29) is 11.8 Å². The fourth-order valence-corrected chi connectivity index (χ4v) is 3.35. The Labute approximate surface area is 147 Å². The van der Waals surface area contributed by atoms with Crippen molar-refractivity contribution in [3.05, 3.63) is 34.9 Å². The second kappa shape index (κ2) is 7.99. The van der Waals surface area contributed by atoms with Crippen molar-refractivity contribution in [2.75, 3.05) is 39.3 Å². The first-order chi connectivity index (χ1) is 11.6. The van der Waals surface area contributed by atoms with E-state index in [1.165, 1.54) is 6.42 Å². The molecule has 1 saturated carbocycles. The first-order valence-corrected chi connectivity index (χ1v) is 9.06. The summed E-state index contributed by atoms with van der Waals surface area (Å²) in [5.74, 6) is 0.528. The molecule has 2 amide bonds. The SMILES string of the molecule is O=C(NCCN1CCN(C(=O)C2CCC2)CC1)c1cccc(Cl)c1. The molecule has 1 aliphatic carbocycles. The fourth-order valence-electron chi connectivity index (χ4n) is 3.16. The Morgan fingerprint density at radius 3 is 2.54 bits per heavy atom. The molecule has 5 nitrogen and oxygen atoms in total. The predicted molar refractivity (Wildman–Crippen MR) is 94.1 cm³/mol. The smallest absolute Gasteiger partial charge is 0.251 e. The molecule has 1 aromatic rings. The van der Waals surface area contributed by atoms with Gasteiger partial charge in [-0.25, -0.2) is 0 Å². The van der Waals surface area contributed by atoms with Crippen molar-refractivity contribution in [1.82, 2.24) is 15.1 Å². The first-order valence-electron chi connectivity index (χ1n) is 8.68. The van der Waals surface area contributed by atoms with Crippen LogP contribution in [0.5, 0.6) is 0 Å². The Morgan fingerprint density at radius 1 is 1.17 bits per heavy atom. The first kappa shape index (κ1) is 17.2. The van der Waals surface area contributed by atoms with Crippen LogP contribution in [0.1, 0.15) is 29.6 Å². The lowest BCUT2D eigenvalue weighted by Gasteiger charge is -2.38. The molecule has 24 heavy (non-hydrogen) atoms. The van der Waals surface area contributed by atoms with E-state index in [4.69, 9.17) is 11.6 Å². The Morgan fingerprint density at radius 2 is 1.92 bits per heavy atom. The van der Waals surface area contributed by atoms with E-state index in [0.717, 1.165) is 45.6 Å². The summed E-state index contributed by atoms with van der Waals surface area (Å²) in [5.41, 5.74) is 0.582. The molecule has 0 unspecified atom stereocenters. The maximum absolute atomic E-state index is 12.2. The van der Waals surface area contributed by atoms with Gasteiger partial charge in [-0.2, -0.15) is 0 Å². The van der Waals surface area contributed by atoms with Gasteiger partial charge in [0, 0.05) is 55.8 Å². The van der Waals surface area contributed by atoms with Gasteiger partial charge in [0.15, 0.2) is 0 Å². The van der Waals surface area contributed by atoms with Crippen molar-refractivity contribution in [1.29, 1.82) is 0 Å². The lowest BCUT2D eigenvalue weighted by molar-refractivity contribution is -0.139. The van der Waals surface area contributed by atoms with Crippen LogP contribution in [0.15, 0.2) is 24.3 Å². The summed E-state index contributed by atoms with van der Waals surface area (Å²) in [5, 5.41) is 3.49. The Hall–Kier alpha value is -1.59. The zero-order valence-electron chi connectivity index (χ0n) is 13.8. The average Bonchev–Trinajstić information content (AvgIpc) is 2.53. The van der Waals surface area contributed by atoms with Crippen LogP contribution in [-0.2, 0) is 4.79 Å². The summed E-state index contributed by atoms with van der Waals surface area (Å²) in [6.45, 7) is 4.77. The van der Waals surface area contributed by atoms with E-state index < -0.39 is 0 Å². The molecular weight excluding hydrogens is 326 g/mol. The van der Waals surface area contributed by atoms with E-state index in [9.17, 15) is 9.59 Å². The van der Waals surface area contributed by atoms with E-state index in [1.807, 2.05) is 4.90 Å². The highest BCUT2D eigenvalue weighted by Gasteiger charge is 2.30. The summed E-state index contributed by atoms with van der Waals surface area (Å²) < 4.78 is 0. The third kappa shape index (κ3) is 4.28. The largest absolute Gasteiger partial charge is 0.351 e. The van der Waals surface area contributed by atoms with Gasteiger partial charge in [0.2, 0.25) is 5.91 Å². The number of nitrogens with zero attached hydrogens (tertiary/aromatic N) is 2. The van der Waals surface area contributed by atoms with Crippen LogP contribution in [-0.4, -0.2) is 60.9 Å². The summed E-state index contributed by atoms with van der Waals surface area (Å²) >= 11 is 5.90. The third-order valence-corrected chi connectivity index (χ3v) is 5.17. The Bertz CT molecular complexity index is 596. The maximum atomic E-state index is 12.2. The quantitative estimate of drug-likeness (QED) is 0.884. The summed E-state index contributed by atoms with van der Waals surface area (Å²) in [4.78, 5) is 28.6. The third-order valence-electron chi connectivity index (χ3n) is 4.94. The molecule has 0 aromatic heterocycles. The second-order valence-corrected chi connectivity index (χ2v) is 7.00. The van der Waals surface area contributed by atoms with Crippen molar-refractivity contribution in [2.45, 2.75) is 19.3 Å². The highest BCUT2D eigenvalue weighted by atomic mass is 35.5.